The highest BCUT2D eigenvalue weighted by Gasteiger charge is 1.88. The predicted octanol–water partition coefficient (Wildman–Crippen LogP) is 3.74. The lowest BCUT2D eigenvalue weighted by atomic mass is 10.4. The lowest BCUT2D eigenvalue weighted by Gasteiger charge is -1.91. The molecule has 3 heteroatoms. The van der Waals surface area contributed by atoms with E-state index in [2.05, 4.69) is 14.8 Å². The van der Waals surface area contributed by atoms with Crippen LogP contribution in [0.2, 0.25) is 5.02 Å². The number of rotatable bonds is 1. The number of hydrogen-bond donors (Lipinski definition) is 0. The molecule has 48 valence electrons. The van der Waals surface area contributed by atoms with E-state index in [1.54, 1.807) is 0 Å². The van der Waals surface area contributed by atoms with E-state index in [9.17, 15) is 0 Å². The third-order valence-corrected chi connectivity index (χ3v) is 2.73. The molecule has 0 aliphatic carbocycles. The second-order valence-electron chi connectivity index (χ2n) is 1.53. The third-order valence-electron chi connectivity index (χ3n) is 0.903. The molecule has 0 spiro atoms. The van der Waals surface area contributed by atoms with Gasteiger partial charge in [-0.25, -0.2) is 0 Å². The van der Waals surface area contributed by atoms with Crippen LogP contribution in [-0.2, 0) is 0 Å². The first-order chi connectivity index (χ1) is 4.33. The normalized spacial score (nSPS) is 9.56. The molecule has 0 unspecified atom stereocenters. The predicted molar refractivity (Wildman–Crippen MR) is 46.2 cm³/mol. The molecule has 0 saturated heterocycles. The van der Waals surface area contributed by atoms with Gasteiger partial charge in [0.05, 0.1) is 0 Å². The maximum Gasteiger partial charge on any atom is 0.0406 e. The summed E-state index contributed by atoms with van der Waals surface area (Å²) in [6.45, 7) is 0. The van der Waals surface area contributed by atoms with E-state index in [1.807, 2.05) is 24.3 Å². The summed E-state index contributed by atoms with van der Waals surface area (Å²) in [7, 11) is 1.53. The molecular formula is C6H4BrClS. The van der Waals surface area contributed by atoms with E-state index >= 15 is 0 Å². The standard InChI is InChI=1S/C6H4BrClS/c7-9-6-3-1-5(8)2-4-6/h1-4H. The molecule has 1 rings (SSSR count). The zero-order valence-electron chi connectivity index (χ0n) is 4.47. The first kappa shape index (κ1) is 7.45. The van der Waals surface area contributed by atoms with E-state index in [4.69, 9.17) is 11.6 Å². The summed E-state index contributed by atoms with van der Waals surface area (Å²) in [6, 6.07) is 7.65. The minimum Gasteiger partial charge on any atom is -0.0843 e. The maximum absolute atomic E-state index is 5.64. The Kier molecular flexibility index (Phi) is 2.89. The number of benzene rings is 1. The molecule has 0 fully saturated rings. The molecule has 0 aliphatic rings. The van der Waals surface area contributed by atoms with Crippen molar-refractivity contribution in [2.75, 3.05) is 0 Å². The van der Waals surface area contributed by atoms with Gasteiger partial charge in [0.1, 0.15) is 0 Å². The summed E-state index contributed by atoms with van der Waals surface area (Å²) in [4.78, 5) is 1.17. The molecule has 0 heterocycles. The Labute approximate surface area is 70.8 Å². The molecule has 0 aliphatic heterocycles. The highest BCUT2D eigenvalue weighted by Crippen LogP contribution is 2.24. The monoisotopic (exact) mass is 222 g/mol. The second-order valence-corrected chi connectivity index (χ2v) is 3.56. The molecule has 1 aromatic carbocycles. The van der Waals surface area contributed by atoms with Gasteiger partial charge in [0.25, 0.3) is 0 Å². The minimum atomic E-state index is 0.778. The lowest BCUT2D eigenvalue weighted by molar-refractivity contribution is 1.48. The van der Waals surface area contributed by atoms with Crippen molar-refractivity contribution in [3.05, 3.63) is 29.3 Å². The SMILES string of the molecule is Clc1ccc(SBr)cc1. The van der Waals surface area contributed by atoms with Gasteiger partial charge in [-0.15, -0.1) is 0 Å². The Morgan fingerprint density at radius 1 is 1.22 bits per heavy atom. The highest BCUT2D eigenvalue weighted by molar-refractivity contribution is 9.50. The number of hydrogen-bond acceptors (Lipinski definition) is 1. The molecular weight excluding hydrogens is 219 g/mol. The Bertz CT molecular complexity index is 185. The van der Waals surface area contributed by atoms with E-state index in [0.717, 1.165) is 5.02 Å². The summed E-state index contributed by atoms with van der Waals surface area (Å²) in [6.07, 6.45) is 0. The molecule has 0 radical (unpaired) electrons. The van der Waals surface area contributed by atoms with Gasteiger partial charge in [0.2, 0.25) is 0 Å². The van der Waals surface area contributed by atoms with Crippen LogP contribution in [0.3, 0.4) is 0 Å². The van der Waals surface area contributed by atoms with Crippen molar-refractivity contribution >= 4 is 36.6 Å². The van der Waals surface area contributed by atoms with Crippen LogP contribution < -0.4 is 0 Å². The fourth-order valence-corrected chi connectivity index (χ4v) is 1.50. The largest absolute Gasteiger partial charge is 0.0843 e. The van der Waals surface area contributed by atoms with Crippen molar-refractivity contribution in [3.63, 3.8) is 0 Å². The molecule has 0 bridgehead atoms. The van der Waals surface area contributed by atoms with Crippen molar-refractivity contribution in [1.29, 1.82) is 0 Å². The summed E-state index contributed by atoms with van der Waals surface area (Å²) in [5.41, 5.74) is 0. The summed E-state index contributed by atoms with van der Waals surface area (Å²) < 4.78 is 0. The molecule has 9 heavy (non-hydrogen) atoms. The van der Waals surface area contributed by atoms with E-state index in [-0.39, 0.29) is 0 Å². The molecule has 0 saturated carbocycles. The van der Waals surface area contributed by atoms with Gasteiger partial charge in [-0.2, -0.15) is 0 Å². The third kappa shape index (κ3) is 2.20. The van der Waals surface area contributed by atoms with Crippen molar-refractivity contribution in [1.82, 2.24) is 0 Å². The molecule has 0 amide bonds. The fourth-order valence-electron chi connectivity index (χ4n) is 0.486. The Morgan fingerprint density at radius 3 is 2.22 bits per heavy atom. The smallest absolute Gasteiger partial charge is 0.0406 e. The molecule has 0 atom stereocenters. The molecule has 0 nitrogen and oxygen atoms in total. The van der Waals surface area contributed by atoms with Crippen LogP contribution in [0.4, 0.5) is 0 Å². The van der Waals surface area contributed by atoms with Gasteiger partial charge in [0, 0.05) is 9.92 Å². The molecule has 1 aromatic rings. The first-order valence-corrected chi connectivity index (χ1v) is 5.41. The quantitative estimate of drug-likeness (QED) is 0.699. The van der Waals surface area contributed by atoms with E-state index in [1.165, 1.54) is 15.1 Å². The van der Waals surface area contributed by atoms with Gasteiger partial charge in [-0.3, -0.25) is 0 Å². The lowest BCUT2D eigenvalue weighted by Crippen LogP contribution is -1.63. The maximum atomic E-state index is 5.64. The van der Waals surface area contributed by atoms with Crippen LogP contribution in [0, 0.1) is 0 Å². The average Bonchev–Trinajstić information content (AvgIpc) is 1.90. The summed E-state index contributed by atoms with van der Waals surface area (Å²) in [5, 5.41) is 0.778. The van der Waals surface area contributed by atoms with Crippen LogP contribution in [0.5, 0.6) is 0 Å². The van der Waals surface area contributed by atoms with Crippen LogP contribution in [0.15, 0.2) is 29.2 Å². The summed E-state index contributed by atoms with van der Waals surface area (Å²) >= 11 is 8.90. The van der Waals surface area contributed by atoms with Crippen molar-refractivity contribution in [3.8, 4) is 0 Å². The van der Waals surface area contributed by atoms with Gasteiger partial charge in [0.15, 0.2) is 0 Å². The second kappa shape index (κ2) is 3.49. The Morgan fingerprint density at radius 2 is 1.78 bits per heavy atom. The van der Waals surface area contributed by atoms with Crippen molar-refractivity contribution in [2.24, 2.45) is 0 Å². The number of halogens is 2. The van der Waals surface area contributed by atoms with Crippen LogP contribution in [0.25, 0.3) is 0 Å². The zero-order chi connectivity index (χ0) is 6.69. The Hall–Kier alpha value is 0.340. The fraction of sp³-hybridized carbons (Fsp3) is 0. The topological polar surface area (TPSA) is 0 Å². The van der Waals surface area contributed by atoms with Crippen LogP contribution in [-0.4, -0.2) is 0 Å². The highest BCUT2D eigenvalue weighted by atomic mass is 79.9. The van der Waals surface area contributed by atoms with E-state index < -0.39 is 0 Å². The zero-order valence-corrected chi connectivity index (χ0v) is 7.63. The van der Waals surface area contributed by atoms with Crippen LogP contribution >= 0.6 is 36.6 Å². The molecule has 0 N–H and O–H groups in total. The Balaban J connectivity index is 2.88. The van der Waals surface area contributed by atoms with Crippen molar-refractivity contribution < 1.29 is 0 Å². The minimum absolute atomic E-state index is 0.778. The first-order valence-electron chi connectivity index (χ1n) is 2.37. The molecule has 0 aromatic heterocycles. The van der Waals surface area contributed by atoms with Gasteiger partial charge in [-0.05, 0) is 49.3 Å². The van der Waals surface area contributed by atoms with E-state index in [0.29, 0.717) is 0 Å². The van der Waals surface area contributed by atoms with Gasteiger partial charge < -0.3 is 0 Å². The van der Waals surface area contributed by atoms with Gasteiger partial charge >= 0.3 is 0 Å². The van der Waals surface area contributed by atoms with Crippen molar-refractivity contribution in [2.45, 2.75) is 4.90 Å². The van der Waals surface area contributed by atoms with Crippen LogP contribution in [0.1, 0.15) is 0 Å². The average molecular weight is 224 g/mol. The van der Waals surface area contributed by atoms with Gasteiger partial charge in [-0.1, -0.05) is 11.6 Å². The summed E-state index contributed by atoms with van der Waals surface area (Å²) in [5.74, 6) is 0.